The van der Waals surface area contributed by atoms with Crippen molar-refractivity contribution in [1.82, 2.24) is 10.3 Å². The molecule has 2 rings (SSSR count). The number of pyridine rings is 1. The standard InChI is InChI=1S/C17H21N3O2/c1-20(2)15-6-4-13(5-7-15)10-17(21)19-12-14-11-16(22-3)8-9-18-14/h4-9,11H,10,12H2,1-3H3,(H,19,21). The van der Waals surface area contributed by atoms with E-state index in [1.807, 2.05) is 49.3 Å². The number of nitrogens with one attached hydrogen (secondary N) is 1. The first kappa shape index (κ1) is 15.8. The van der Waals surface area contributed by atoms with Crippen LogP contribution in [-0.4, -0.2) is 32.1 Å². The van der Waals surface area contributed by atoms with E-state index in [4.69, 9.17) is 4.74 Å². The Labute approximate surface area is 130 Å². The van der Waals surface area contributed by atoms with Gasteiger partial charge < -0.3 is 15.0 Å². The number of carbonyl (C=O) groups is 1. The average molecular weight is 299 g/mol. The summed E-state index contributed by atoms with van der Waals surface area (Å²) >= 11 is 0. The van der Waals surface area contributed by atoms with Crippen LogP contribution in [0.3, 0.4) is 0 Å². The summed E-state index contributed by atoms with van der Waals surface area (Å²) in [6, 6.07) is 11.5. The van der Waals surface area contributed by atoms with Crippen molar-refractivity contribution in [3.8, 4) is 5.75 Å². The van der Waals surface area contributed by atoms with Crippen LogP contribution >= 0.6 is 0 Å². The fourth-order valence-electron chi connectivity index (χ4n) is 2.03. The van der Waals surface area contributed by atoms with E-state index in [0.717, 1.165) is 22.7 Å². The molecule has 5 nitrogen and oxygen atoms in total. The molecule has 116 valence electrons. The molecule has 0 bridgehead atoms. The molecular formula is C17H21N3O2. The van der Waals surface area contributed by atoms with Gasteiger partial charge in [-0.25, -0.2) is 0 Å². The predicted octanol–water partition coefficient (Wildman–Crippen LogP) is 2.02. The average Bonchev–Trinajstić information content (AvgIpc) is 2.53. The number of hydrogen-bond donors (Lipinski definition) is 1. The first-order valence-corrected chi connectivity index (χ1v) is 7.10. The summed E-state index contributed by atoms with van der Waals surface area (Å²) in [5.41, 5.74) is 2.88. The van der Waals surface area contributed by atoms with Gasteiger partial charge in [-0.1, -0.05) is 12.1 Å². The van der Waals surface area contributed by atoms with Gasteiger partial charge in [0, 0.05) is 32.0 Å². The zero-order valence-corrected chi connectivity index (χ0v) is 13.2. The van der Waals surface area contributed by atoms with E-state index in [2.05, 4.69) is 10.3 Å². The molecule has 1 aromatic carbocycles. The lowest BCUT2D eigenvalue weighted by atomic mass is 10.1. The van der Waals surface area contributed by atoms with Gasteiger partial charge in [0.2, 0.25) is 5.91 Å². The molecule has 0 unspecified atom stereocenters. The number of anilines is 1. The minimum absolute atomic E-state index is 0.0257. The topological polar surface area (TPSA) is 54.5 Å². The van der Waals surface area contributed by atoms with Crippen LogP contribution in [-0.2, 0) is 17.8 Å². The van der Waals surface area contributed by atoms with E-state index in [1.54, 1.807) is 19.4 Å². The molecule has 0 saturated carbocycles. The number of nitrogens with zero attached hydrogens (tertiary/aromatic N) is 2. The lowest BCUT2D eigenvalue weighted by Gasteiger charge is -2.12. The van der Waals surface area contributed by atoms with Crippen molar-refractivity contribution in [2.24, 2.45) is 0 Å². The molecule has 2 aromatic rings. The number of ether oxygens (including phenoxy) is 1. The Morgan fingerprint density at radius 3 is 2.59 bits per heavy atom. The maximum atomic E-state index is 12.0. The summed E-state index contributed by atoms with van der Waals surface area (Å²) in [6.07, 6.45) is 2.03. The molecule has 0 aliphatic rings. The van der Waals surface area contributed by atoms with Gasteiger partial charge in [-0.3, -0.25) is 9.78 Å². The molecule has 0 radical (unpaired) electrons. The van der Waals surface area contributed by atoms with Crippen molar-refractivity contribution in [1.29, 1.82) is 0 Å². The van der Waals surface area contributed by atoms with Crippen molar-refractivity contribution in [2.75, 3.05) is 26.1 Å². The van der Waals surface area contributed by atoms with E-state index >= 15 is 0 Å². The molecule has 0 atom stereocenters. The predicted molar refractivity (Wildman–Crippen MR) is 87.1 cm³/mol. The fraction of sp³-hybridized carbons (Fsp3) is 0.294. The Morgan fingerprint density at radius 1 is 1.23 bits per heavy atom. The third-order valence-corrected chi connectivity index (χ3v) is 3.31. The molecule has 1 N–H and O–H groups in total. The second-order valence-electron chi connectivity index (χ2n) is 5.20. The minimum Gasteiger partial charge on any atom is -0.497 e. The lowest BCUT2D eigenvalue weighted by Crippen LogP contribution is -2.25. The third kappa shape index (κ3) is 4.48. The number of benzene rings is 1. The molecule has 0 aliphatic heterocycles. The maximum absolute atomic E-state index is 12.0. The highest BCUT2D eigenvalue weighted by molar-refractivity contribution is 5.78. The van der Waals surface area contributed by atoms with Gasteiger partial charge in [0.05, 0.1) is 25.8 Å². The summed E-state index contributed by atoms with van der Waals surface area (Å²) < 4.78 is 5.13. The quantitative estimate of drug-likeness (QED) is 0.886. The Balaban J connectivity index is 1.87. The van der Waals surface area contributed by atoms with Crippen molar-refractivity contribution in [3.63, 3.8) is 0 Å². The molecule has 0 saturated heterocycles. The summed E-state index contributed by atoms with van der Waals surface area (Å²) in [5, 5.41) is 2.87. The van der Waals surface area contributed by atoms with Gasteiger partial charge in [0.15, 0.2) is 0 Å². The smallest absolute Gasteiger partial charge is 0.224 e. The number of rotatable bonds is 6. The Morgan fingerprint density at radius 2 is 1.95 bits per heavy atom. The number of hydrogen-bond acceptors (Lipinski definition) is 4. The SMILES string of the molecule is COc1ccnc(CNC(=O)Cc2ccc(N(C)C)cc2)c1. The number of amides is 1. The van der Waals surface area contributed by atoms with E-state index in [0.29, 0.717) is 13.0 Å². The summed E-state index contributed by atoms with van der Waals surface area (Å²) in [4.78, 5) is 18.2. The van der Waals surface area contributed by atoms with Crippen LogP contribution in [0, 0.1) is 0 Å². The number of carbonyl (C=O) groups excluding carboxylic acids is 1. The van der Waals surface area contributed by atoms with Crippen molar-refractivity contribution in [3.05, 3.63) is 53.9 Å². The van der Waals surface area contributed by atoms with Crippen LogP contribution in [0.5, 0.6) is 5.75 Å². The Bertz CT molecular complexity index is 624. The second kappa shape index (κ2) is 7.45. The molecule has 5 heteroatoms. The minimum atomic E-state index is -0.0257. The molecule has 0 aliphatic carbocycles. The molecular weight excluding hydrogens is 278 g/mol. The zero-order valence-electron chi connectivity index (χ0n) is 13.2. The molecule has 1 aromatic heterocycles. The molecule has 1 amide bonds. The van der Waals surface area contributed by atoms with E-state index in [-0.39, 0.29) is 5.91 Å². The largest absolute Gasteiger partial charge is 0.497 e. The van der Waals surface area contributed by atoms with Crippen LogP contribution in [0.4, 0.5) is 5.69 Å². The van der Waals surface area contributed by atoms with Crippen LogP contribution < -0.4 is 15.0 Å². The van der Waals surface area contributed by atoms with Gasteiger partial charge in [0.1, 0.15) is 5.75 Å². The van der Waals surface area contributed by atoms with Crippen LogP contribution in [0.1, 0.15) is 11.3 Å². The van der Waals surface area contributed by atoms with Gasteiger partial charge in [-0.05, 0) is 23.8 Å². The summed E-state index contributed by atoms with van der Waals surface area (Å²) in [6.45, 7) is 0.395. The van der Waals surface area contributed by atoms with E-state index in [9.17, 15) is 4.79 Å². The van der Waals surface area contributed by atoms with Crippen LogP contribution in [0.15, 0.2) is 42.6 Å². The normalized spacial score (nSPS) is 10.1. The van der Waals surface area contributed by atoms with Gasteiger partial charge in [0.25, 0.3) is 0 Å². The van der Waals surface area contributed by atoms with Crippen LogP contribution in [0.2, 0.25) is 0 Å². The molecule has 0 fully saturated rings. The van der Waals surface area contributed by atoms with Crippen molar-refractivity contribution in [2.45, 2.75) is 13.0 Å². The van der Waals surface area contributed by atoms with E-state index < -0.39 is 0 Å². The monoisotopic (exact) mass is 299 g/mol. The van der Waals surface area contributed by atoms with Crippen LogP contribution in [0.25, 0.3) is 0 Å². The summed E-state index contributed by atoms with van der Waals surface area (Å²) in [5.74, 6) is 0.709. The molecule has 0 spiro atoms. The zero-order chi connectivity index (χ0) is 15.9. The molecule has 1 heterocycles. The molecule has 22 heavy (non-hydrogen) atoms. The first-order chi connectivity index (χ1) is 10.6. The second-order valence-corrected chi connectivity index (χ2v) is 5.20. The van der Waals surface area contributed by atoms with Gasteiger partial charge in [-0.2, -0.15) is 0 Å². The fourth-order valence-corrected chi connectivity index (χ4v) is 2.03. The van der Waals surface area contributed by atoms with E-state index in [1.165, 1.54) is 0 Å². The summed E-state index contributed by atoms with van der Waals surface area (Å²) in [7, 11) is 5.58. The lowest BCUT2D eigenvalue weighted by molar-refractivity contribution is -0.120. The first-order valence-electron chi connectivity index (χ1n) is 7.10. The van der Waals surface area contributed by atoms with Crippen molar-refractivity contribution < 1.29 is 9.53 Å². The number of aromatic nitrogens is 1. The van der Waals surface area contributed by atoms with Crippen molar-refractivity contribution >= 4 is 11.6 Å². The highest BCUT2D eigenvalue weighted by Crippen LogP contribution is 2.13. The maximum Gasteiger partial charge on any atom is 0.224 e. The Kier molecular flexibility index (Phi) is 5.36. The highest BCUT2D eigenvalue weighted by Gasteiger charge is 2.05. The van der Waals surface area contributed by atoms with Gasteiger partial charge >= 0.3 is 0 Å². The highest BCUT2D eigenvalue weighted by atomic mass is 16.5. The third-order valence-electron chi connectivity index (χ3n) is 3.31. The Hall–Kier alpha value is -2.56. The number of methoxy groups -OCH3 is 1. The van der Waals surface area contributed by atoms with Gasteiger partial charge in [-0.15, -0.1) is 0 Å².